The van der Waals surface area contributed by atoms with Crippen LogP contribution in [0.4, 0.5) is 0 Å². The molecule has 0 spiro atoms. The summed E-state index contributed by atoms with van der Waals surface area (Å²) in [6.45, 7) is 0. The summed E-state index contributed by atoms with van der Waals surface area (Å²) in [5.74, 6) is 7.01. The van der Waals surface area contributed by atoms with Gasteiger partial charge in [0.15, 0.2) is 0 Å². The standard InChI is InChI=1S/C21H14IN2O/c1-25-21-9-6-18(7-10-21)22-19-13-16(12-17(14-19)15-23)5-8-20-4-2-3-11-24-20/h2-4,6-7,9-14H,1H3/q-1. The first-order chi connectivity index (χ1) is 12.3. The third-order valence-electron chi connectivity index (χ3n) is 3.29. The first-order valence-electron chi connectivity index (χ1n) is 7.54. The Morgan fingerprint density at radius 2 is 1.72 bits per heavy atom. The molecule has 0 aliphatic carbocycles. The third-order valence-corrected chi connectivity index (χ3v) is 5.88. The van der Waals surface area contributed by atoms with Crippen LogP contribution in [-0.4, -0.2) is 12.1 Å². The molecule has 0 atom stereocenters. The number of rotatable bonds is 3. The molecule has 4 heteroatoms. The zero-order valence-corrected chi connectivity index (χ0v) is 15.7. The second-order valence-electron chi connectivity index (χ2n) is 5.06. The first kappa shape index (κ1) is 17.0. The van der Waals surface area contributed by atoms with Crippen molar-refractivity contribution in [3.05, 3.63) is 90.8 Å². The Kier molecular flexibility index (Phi) is 5.66. The van der Waals surface area contributed by atoms with Crippen molar-refractivity contribution < 1.29 is 25.9 Å². The van der Waals surface area contributed by atoms with Gasteiger partial charge >= 0.3 is 158 Å². The molecule has 0 radical (unpaired) electrons. The van der Waals surface area contributed by atoms with Gasteiger partial charge in [0.1, 0.15) is 0 Å². The average Bonchev–Trinajstić information content (AvgIpc) is 2.67. The summed E-state index contributed by atoms with van der Waals surface area (Å²) in [7, 11) is 1.66. The molecule has 3 rings (SSSR count). The summed E-state index contributed by atoms with van der Waals surface area (Å²) in [6, 6.07) is 21.8. The Balaban J connectivity index is 1.87. The van der Waals surface area contributed by atoms with Crippen LogP contribution < -0.4 is 25.9 Å². The van der Waals surface area contributed by atoms with Gasteiger partial charge in [-0.05, 0) is 0 Å². The van der Waals surface area contributed by atoms with Crippen molar-refractivity contribution in [1.82, 2.24) is 4.98 Å². The molecule has 2 aromatic carbocycles. The minimum atomic E-state index is -0.386. The van der Waals surface area contributed by atoms with Crippen LogP contribution in [0.5, 0.6) is 5.75 Å². The number of ether oxygens (including phenoxy) is 1. The van der Waals surface area contributed by atoms with E-state index in [0.29, 0.717) is 5.56 Å². The fourth-order valence-electron chi connectivity index (χ4n) is 2.11. The molecule has 1 heterocycles. The predicted molar refractivity (Wildman–Crippen MR) is 91.8 cm³/mol. The van der Waals surface area contributed by atoms with Crippen molar-refractivity contribution in [3.63, 3.8) is 0 Å². The predicted octanol–water partition coefficient (Wildman–Crippen LogP) is 0.490. The van der Waals surface area contributed by atoms with Crippen LogP contribution in [0.2, 0.25) is 0 Å². The molecule has 0 N–H and O–H groups in total. The Labute approximate surface area is 157 Å². The molecule has 0 aliphatic heterocycles. The number of pyridine rings is 1. The Bertz CT molecular complexity index is 965. The molecule has 0 saturated heterocycles. The van der Waals surface area contributed by atoms with Crippen LogP contribution in [0.3, 0.4) is 0 Å². The normalized spacial score (nSPS) is 9.76. The fourth-order valence-corrected chi connectivity index (χ4v) is 4.53. The number of halogens is 1. The zero-order valence-electron chi connectivity index (χ0n) is 13.5. The number of nitrogens with zero attached hydrogens (tertiary/aromatic N) is 2. The molecule has 1 aromatic heterocycles. The van der Waals surface area contributed by atoms with E-state index in [2.05, 4.69) is 41.1 Å². The second kappa shape index (κ2) is 8.32. The summed E-state index contributed by atoms with van der Waals surface area (Å²) < 4.78 is 7.62. The van der Waals surface area contributed by atoms with Gasteiger partial charge in [-0.1, -0.05) is 0 Å². The molecule has 0 saturated carbocycles. The summed E-state index contributed by atoms with van der Waals surface area (Å²) >= 11 is -0.386. The van der Waals surface area contributed by atoms with Crippen LogP contribution in [0.1, 0.15) is 16.8 Å². The van der Waals surface area contributed by atoms with Gasteiger partial charge in [0.25, 0.3) is 0 Å². The summed E-state index contributed by atoms with van der Waals surface area (Å²) in [4.78, 5) is 4.20. The van der Waals surface area contributed by atoms with Gasteiger partial charge in [0.2, 0.25) is 0 Å². The van der Waals surface area contributed by atoms with Crippen molar-refractivity contribution in [1.29, 1.82) is 5.26 Å². The number of methoxy groups -OCH3 is 1. The van der Waals surface area contributed by atoms with Gasteiger partial charge in [-0.25, -0.2) is 0 Å². The van der Waals surface area contributed by atoms with Crippen LogP contribution >= 0.6 is 0 Å². The van der Waals surface area contributed by atoms with Gasteiger partial charge < -0.3 is 0 Å². The molecule has 122 valence electrons. The monoisotopic (exact) mass is 437 g/mol. The van der Waals surface area contributed by atoms with Gasteiger partial charge in [0.05, 0.1) is 0 Å². The molecule has 0 fully saturated rings. The van der Waals surface area contributed by atoms with Gasteiger partial charge in [0, 0.05) is 0 Å². The second-order valence-corrected chi connectivity index (χ2v) is 8.09. The number of aromatic nitrogens is 1. The SMILES string of the molecule is COc1ccc([I-]c2cc(C#N)cc(C#Cc3ccccn3)c2)cc1. The van der Waals surface area contributed by atoms with Crippen LogP contribution in [0.25, 0.3) is 0 Å². The molecular formula is C21H14IN2O-. The number of hydrogen-bond acceptors (Lipinski definition) is 3. The molecule has 0 amide bonds. The Hall–Kier alpha value is -2.83. The van der Waals surface area contributed by atoms with Crippen molar-refractivity contribution in [3.8, 4) is 23.7 Å². The van der Waals surface area contributed by atoms with E-state index in [-0.39, 0.29) is 21.2 Å². The van der Waals surface area contributed by atoms with E-state index in [1.54, 1.807) is 13.3 Å². The maximum atomic E-state index is 9.29. The van der Waals surface area contributed by atoms with E-state index < -0.39 is 0 Å². The van der Waals surface area contributed by atoms with E-state index in [9.17, 15) is 5.26 Å². The van der Waals surface area contributed by atoms with Crippen LogP contribution in [-0.2, 0) is 0 Å². The Morgan fingerprint density at radius 3 is 2.40 bits per heavy atom. The quantitative estimate of drug-likeness (QED) is 0.443. The van der Waals surface area contributed by atoms with E-state index in [0.717, 1.165) is 20.6 Å². The van der Waals surface area contributed by atoms with Crippen molar-refractivity contribution in [2.45, 2.75) is 0 Å². The van der Waals surface area contributed by atoms with Crippen molar-refractivity contribution in [2.24, 2.45) is 0 Å². The minimum absolute atomic E-state index is 0.386. The molecule has 0 aliphatic rings. The molecule has 25 heavy (non-hydrogen) atoms. The van der Waals surface area contributed by atoms with E-state index in [1.807, 2.05) is 42.5 Å². The molecule has 0 bridgehead atoms. The fraction of sp³-hybridized carbons (Fsp3) is 0.0476. The molecule has 0 unspecified atom stereocenters. The summed E-state index contributed by atoms with van der Waals surface area (Å²) in [5.41, 5.74) is 2.19. The Morgan fingerprint density at radius 1 is 0.920 bits per heavy atom. The number of benzene rings is 2. The summed E-state index contributed by atoms with van der Waals surface area (Å²) in [6.07, 6.45) is 1.72. The van der Waals surface area contributed by atoms with Crippen molar-refractivity contribution in [2.75, 3.05) is 7.11 Å². The number of hydrogen-bond donors (Lipinski definition) is 0. The van der Waals surface area contributed by atoms with Crippen LogP contribution in [0, 0.1) is 30.3 Å². The van der Waals surface area contributed by atoms with Gasteiger partial charge in [-0.15, -0.1) is 0 Å². The van der Waals surface area contributed by atoms with E-state index in [1.165, 1.54) is 3.57 Å². The van der Waals surface area contributed by atoms with Crippen LogP contribution in [0.15, 0.2) is 66.9 Å². The molecule has 3 nitrogen and oxygen atoms in total. The van der Waals surface area contributed by atoms with Gasteiger partial charge in [-0.3, -0.25) is 0 Å². The average molecular weight is 437 g/mol. The van der Waals surface area contributed by atoms with E-state index in [4.69, 9.17) is 4.74 Å². The third kappa shape index (κ3) is 4.82. The topological polar surface area (TPSA) is 45.9 Å². The van der Waals surface area contributed by atoms with Crippen molar-refractivity contribution >= 4 is 0 Å². The maximum absolute atomic E-state index is 9.29. The molecular weight excluding hydrogens is 423 g/mol. The summed E-state index contributed by atoms with van der Waals surface area (Å²) in [5, 5.41) is 9.29. The number of nitriles is 1. The first-order valence-corrected chi connectivity index (χ1v) is 9.70. The van der Waals surface area contributed by atoms with Gasteiger partial charge in [-0.2, -0.15) is 0 Å². The zero-order chi connectivity index (χ0) is 17.5. The van der Waals surface area contributed by atoms with E-state index >= 15 is 0 Å². The molecule has 3 aromatic rings.